The molecular weight excluding hydrogens is 416 g/mol. The van der Waals surface area contributed by atoms with Gasteiger partial charge in [-0.2, -0.15) is 0 Å². The third kappa shape index (κ3) is 14.5. The monoisotopic (exact) mass is 476 g/mol. The van der Waals surface area contributed by atoms with Crippen molar-refractivity contribution in [1.82, 2.24) is 0 Å². The Morgan fingerprint density at radius 3 is 1.42 bits per heavy atom. The van der Waals surface area contributed by atoms with E-state index in [4.69, 9.17) is 4.74 Å². The first-order valence-corrected chi connectivity index (χ1v) is 14.4. The van der Waals surface area contributed by atoms with Crippen LogP contribution in [0.5, 0.6) is 0 Å². The molecule has 0 aromatic rings. The second-order valence-corrected chi connectivity index (χ2v) is 14.6. The number of ether oxygens (including phenoxy) is 1. The van der Waals surface area contributed by atoms with E-state index in [9.17, 15) is 0 Å². The Kier molecular flexibility index (Phi) is 18.7. The molecule has 190 valence electrons. The molecule has 0 radical (unpaired) electrons. The van der Waals surface area contributed by atoms with Crippen molar-refractivity contribution in [3.8, 4) is 0 Å². The molecule has 0 N–H and O–H groups in total. The molecule has 2 aliphatic rings. The van der Waals surface area contributed by atoms with Crippen LogP contribution in [-0.2, 0) is 4.74 Å². The van der Waals surface area contributed by atoms with Crippen LogP contribution in [0.25, 0.3) is 0 Å². The smallest absolute Gasteiger partial charge is 0.0614 e. The van der Waals surface area contributed by atoms with Crippen LogP contribution in [0.1, 0.15) is 122 Å². The summed E-state index contributed by atoms with van der Waals surface area (Å²) in [6.45, 7) is 20.7. The predicted molar refractivity (Wildman–Crippen MR) is 151 cm³/mol. The summed E-state index contributed by atoms with van der Waals surface area (Å²) in [5, 5.41) is 0. The second kappa shape index (κ2) is 17.1. The highest BCUT2D eigenvalue weighted by Crippen LogP contribution is 2.51. The first-order valence-electron chi connectivity index (χ1n) is 12.4. The minimum Gasteiger partial charge on any atom is -0.380 e. The predicted octanol–water partition coefficient (Wildman–Crippen LogP) is 10.2. The van der Waals surface area contributed by atoms with Crippen molar-refractivity contribution in [3.63, 3.8) is 0 Å². The Bertz CT molecular complexity index is 393. The van der Waals surface area contributed by atoms with Crippen LogP contribution in [0.15, 0.2) is 0 Å². The summed E-state index contributed by atoms with van der Waals surface area (Å²) >= 11 is 4.47. The largest absolute Gasteiger partial charge is 0.380 e. The molecule has 0 aromatic carbocycles. The topological polar surface area (TPSA) is 9.23 Å². The summed E-state index contributed by atoms with van der Waals surface area (Å²) in [4.78, 5) is 0. The van der Waals surface area contributed by atoms with Gasteiger partial charge in [0.05, 0.1) is 17.3 Å². The van der Waals surface area contributed by atoms with E-state index in [1.165, 1.54) is 62.9 Å². The Morgan fingerprint density at radius 2 is 1.10 bits per heavy atom. The van der Waals surface area contributed by atoms with Crippen molar-refractivity contribution in [1.29, 1.82) is 0 Å². The third-order valence-corrected chi connectivity index (χ3v) is 9.77. The number of hydrogen-bond acceptors (Lipinski definition) is 3. The maximum Gasteiger partial charge on any atom is 0.0614 e. The zero-order valence-electron chi connectivity index (χ0n) is 21.0. The summed E-state index contributed by atoms with van der Waals surface area (Å²) in [6.07, 6.45) is 11.1. The van der Waals surface area contributed by atoms with Crippen LogP contribution in [-0.4, -0.2) is 28.8 Å². The molecule has 0 aliphatic carbocycles. The third-order valence-electron chi connectivity index (χ3n) is 6.19. The maximum atomic E-state index is 5.40. The van der Waals surface area contributed by atoms with E-state index in [1.807, 2.05) is 0 Å². The fraction of sp³-hybridized carbons (Fsp3) is 1.00. The molecule has 2 aliphatic heterocycles. The summed E-state index contributed by atoms with van der Waals surface area (Å²) < 4.78 is 5.99. The standard InChI is InChI=1S/C13H26O.C13H26S2.2CH4/c1-11(2)5-7-13(9-14-10-13)8-6-12(3)4;1-11(2)6-5-7-13(10-12(3)4)14-8-9-15-13;;/h11-12H,5-10H2,1-4H3;11-12H,5-10H2,1-4H3;2*1H4. The minimum absolute atomic E-state index is 0. The summed E-state index contributed by atoms with van der Waals surface area (Å²) in [5.74, 6) is 6.15. The van der Waals surface area contributed by atoms with Crippen LogP contribution in [0, 0.1) is 29.1 Å². The van der Waals surface area contributed by atoms with Crippen molar-refractivity contribution >= 4 is 23.5 Å². The van der Waals surface area contributed by atoms with Gasteiger partial charge in [-0.05, 0) is 49.4 Å². The average molecular weight is 477 g/mol. The molecule has 0 bridgehead atoms. The molecular formula is C28H60OS2. The van der Waals surface area contributed by atoms with E-state index in [-0.39, 0.29) is 14.9 Å². The van der Waals surface area contributed by atoms with E-state index in [2.05, 4.69) is 78.9 Å². The lowest BCUT2D eigenvalue weighted by Gasteiger charge is -2.42. The van der Waals surface area contributed by atoms with Crippen molar-refractivity contribution in [2.45, 2.75) is 126 Å². The van der Waals surface area contributed by atoms with Gasteiger partial charge in [0.15, 0.2) is 0 Å². The van der Waals surface area contributed by atoms with Gasteiger partial charge in [0.2, 0.25) is 0 Å². The molecule has 31 heavy (non-hydrogen) atoms. The van der Waals surface area contributed by atoms with Gasteiger partial charge in [-0.1, -0.05) is 95.9 Å². The van der Waals surface area contributed by atoms with Gasteiger partial charge < -0.3 is 4.74 Å². The first kappa shape index (κ1) is 33.8. The highest BCUT2D eigenvalue weighted by Gasteiger charge is 2.37. The molecule has 0 unspecified atom stereocenters. The average Bonchev–Trinajstić information content (AvgIpc) is 3.01. The first-order chi connectivity index (χ1) is 13.6. The lowest BCUT2D eigenvalue weighted by molar-refractivity contribution is -0.125. The molecule has 2 saturated heterocycles. The molecule has 0 atom stereocenters. The van der Waals surface area contributed by atoms with Gasteiger partial charge in [-0.3, -0.25) is 0 Å². The van der Waals surface area contributed by atoms with Gasteiger partial charge in [0.1, 0.15) is 0 Å². The van der Waals surface area contributed by atoms with E-state index < -0.39 is 0 Å². The van der Waals surface area contributed by atoms with Crippen LogP contribution in [0.3, 0.4) is 0 Å². The number of hydrogen-bond donors (Lipinski definition) is 0. The molecule has 1 nitrogen and oxygen atoms in total. The van der Waals surface area contributed by atoms with Gasteiger partial charge in [-0.15, -0.1) is 23.5 Å². The molecule has 0 amide bonds. The lowest BCUT2D eigenvalue weighted by Crippen LogP contribution is -2.42. The summed E-state index contributed by atoms with van der Waals surface area (Å²) in [6, 6.07) is 0. The molecule has 2 fully saturated rings. The van der Waals surface area contributed by atoms with Crippen LogP contribution >= 0.6 is 23.5 Å². The van der Waals surface area contributed by atoms with Crippen molar-refractivity contribution in [3.05, 3.63) is 0 Å². The number of rotatable bonds is 12. The minimum atomic E-state index is 0. The van der Waals surface area contributed by atoms with E-state index >= 15 is 0 Å². The Labute approximate surface area is 207 Å². The van der Waals surface area contributed by atoms with Crippen LogP contribution in [0.4, 0.5) is 0 Å². The van der Waals surface area contributed by atoms with Crippen LogP contribution in [0.2, 0.25) is 0 Å². The molecule has 2 rings (SSSR count). The molecule has 3 heteroatoms. The number of thioether (sulfide) groups is 2. The fourth-order valence-electron chi connectivity index (χ4n) is 4.26. The quantitative estimate of drug-likeness (QED) is 0.277. The van der Waals surface area contributed by atoms with E-state index in [1.54, 1.807) is 0 Å². The van der Waals surface area contributed by atoms with Gasteiger partial charge >= 0.3 is 0 Å². The van der Waals surface area contributed by atoms with Gasteiger partial charge in [-0.25, -0.2) is 0 Å². The molecule has 0 spiro atoms. The molecule has 0 saturated carbocycles. The Balaban J connectivity index is 0. The van der Waals surface area contributed by atoms with Crippen molar-refractivity contribution in [2.75, 3.05) is 24.7 Å². The maximum absolute atomic E-state index is 5.40. The zero-order chi connectivity index (χ0) is 21.9. The zero-order valence-corrected chi connectivity index (χ0v) is 22.7. The second-order valence-electron chi connectivity index (χ2n) is 11.3. The van der Waals surface area contributed by atoms with Crippen molar-refractivity contribution in [2.24, 2.45) is 29.1 Å². The van der Waals surface area contributed by atoms with Crippen molar-refractivity contribution < 1.29 is 4.74 Å². The fourth-order valence-corrected chi connectivity index (χ4v) is 7.98. The lowest BCUT2D eigenvalue weighted by atomic mass is 9.75. The van der Waals surface area contributed by atoms with E-state index in [0.717, 1.165) is 36.9 Å². The Morgan fingerprint density at radius 1 is 0.645 bits per heavy atom. The molecule has 2 heterocycles. The van der Waals surface area contributed by atoms with Gasteiger partial charge in [0, 0.05) is 16.9 Å². The van der Waals surface area contributed by atoms with Crippen LogP contribution < -0.4 is 0 Å². The summed E-state index contributed by atoms with van der Waals surface area (Å²) in [7, 11) is 0. The van der Waals surface area contributed by atoms with E-state index in [0.29, 0.717) is 9.49 Å². The van der Waals surface area contributed by atoms with Gasteiger partial charge in [0.25, 0.3) is 0 Å². The summed E-state index contributed by atoms with van der Waals surface area (Å²) in [5.41, 5.74) is 0.564. The SMILES string of the molecule is C.C.CC(C)CCC1(CCC(C)C)COC1.CC(C)CCCC1(CC(C)C)SCCS1. The highest BCUT2D eigenvalue weighted by atomic mass is 32.2. The Hall–Kier alpha value is 0.660. The molecule has 0 aromatic heterocycles. The normalized spacial score (nSPS) is 19.0. The highest BCUT2D eigenvalue weighted by molar-refractivity contribution is 8.21.